The maximum absolute atomic E-state index is 13.7. The van der Waals surface area contributed by atoms with E-state index >= 15 is 0 Å². The molecule has 3 nitrogen and oxygen atoms in total. The van der Waals surface area contributed by atoms with Crippen molar-refractivity contribution in [1.29, 1.82) is 0 Å². The molecular formula is C13H20BrFN2O. The van der Waals surface area contributed by atoms with Crippen molar-refractivity contribution < 1.29 is 9.50 Å². The van der Waals surface area contributed by atoms with Crippen LogP contribution in [0.2, 0.25) is 0 Å². The summed E-state index contributed by atoms with van der Waals surface area (Å²) in [6.07, 6.45) is 1.25. The molecule has 102 valence electrons. The minimum Gasteiger partial charge on any atom is -0.397 e. The molecule has 4 N–H and O–H groups in total. The van der Waals surface area contributed by atoms with E-state index in [1.54, 1.807) is 13.0 Å². The largest absolute Gasteiger partial charge is 0.397 e. The molecule has 0 aliphatic carbocycles. The standard InChI is InChI=1S/C13H20BrFN2O/c1-4-13(18,5-2)7-17-12-9(16)6-8(3)11(15)10(12)14/h6,17-18H,4-5,7,16H2,1-3H3. The molecule has 0 fully saturated rings. The number of nitrogens with two attached hydrogens (primary N) is 1. The summed E-state index contributed by atoms with van der Waals surface area (Å²) in [6.45, 7) is 5.83. The van der Waals surface area contributed by atoms with Crippen LogP contribution in [0.1, 0.15) is 32.3 Å². The number of nitrogen functional groups attached to an aromatic ring is 1. The number of aliphatic hydroxyl groups is 1. The molecule has 0 atom stereocenters. The van der Waals surface area contributed by atoms with Gasteiger partial charge in [-0.2, -0.15) is 0 Å². The molecule has 0 bridgehead atoms. The van der Waals surface area contributed by atoms with Gasteiger partial charge in [0.2, 0.25) is 0 Å². The summed E-state index contributed by atoms with van der Waals surface area (Å²) < 4.78 is 14.1. The molecule has 0 saturated heterocycles. The first-order valence-electron chi connectivity index (χ1n) is 6.05. The van der Waals surface area contributed by atoms with E-state index in [1.807, 2.05) is 13.8 Å². The Morgan fingerprint density at radius 3 is 2.50 bits per heavy atom. The van der Waals surface area contributed by atoms with Crippen LogP contribution in [0.4, 0.5) is 15.8 Å². The molecule has 0 aromatic heterocycles. The molecule has 0 aliphatic heterocycles. The number of hydrogen-bond acceptors (Lipinski definition) is 3. The zero-order chi connectivity index (χ0) is 13.9. The zero-order valence-corrected chi connectivity index (χ0v) is 12.6. The Kier molecular flexibility index (Phi) is 4.99. The number of aryl methyl sites for hydroxylation is 1. The van der Waals surface area contributed by atoms with Gasteiger partial charge in [-0.1, -0.05) is 13.8 Å². The van der Waals surface area contributed by atoms with E-state index < -0.39 is 5.60 Å². The van der Waals surface area contributed by atoms with Crippen molar-refractivity contribution in [3.8, 4) is 0 Å². The smallest absolute Gasteiger partial charge is 0.142 e. The van der Waals surface area contributed by atoms with Crippen LogP contribution in [0, 0.1) is 12.7 Å². The molecule has 1 rings (SSSR count). The Morgan fingerprint density at radius 2 is 2.00 bits per heavy atom. The van der Waals surface area contributed by atoms with Crippen molar-refractivity contribution >= 4 is 27.3 Å². The first-order valence-corrected chi connectivity index (χ1v) is 6.84. The molecule has 5 heteroatoms. The molecule has 0 amide bonds. The summed E-state index contributed by atoms with van der Waals surface area (Å²) in [5.74, 6) is -0.330. The first-order chi connectivity index (χ1) is 8.34. The van der Waals surface area contributed by atoms with Gasteiger partial charge in [0, 0.05) is 6.54 Å². The number of rotatable bonds is 5. The lowest BCUT2D eigenvalue weighted by Crippen LogP contribution is -2.35. The average molecular weight is 319 g/mol. The molecule has 0 radical (unpaired) electrons. The highest BCUT2D eigenvalue weighted by Crippen LogP contribution is 2.34. The molecule has 0 aliphatic rings. The predicted molar refractivity (Wildman–Crippen MR) is 77.3 cm³/mol. The molecule has 1 aromatic rings. The van der Waals surface area contributed by atoms with Gasteiger partial charge in [0.25, 0.3) is 0 Å². The van der Waals surface area contributed by atoms with Crippen molar-refractivity contribution in [2.75, 3.05) is 17.6 Å². The first kappa shape index (κ1) is 15.2. The zero-order valence-electron chi connectivity index (χ0n) is 11.0. The van der Waals surface area contributed by atoms with Crippen molar-refractivity contribution in [3.63, 3.8) is 0 Å². The van der Waals surface area contributed by atoms with Crippen LogP contribution in [0.3, 0.4) is 0 Å². The normalized spacial score (nSPS) is 11.7. The fourth-order valence-electron chi connectivity index (χ4n) is 1.71. The summed E-state index contributed by atoms with van der Waals surface area (Å²) >= 11 is 3.19. The molecule has 1 aromatic carbocycles. The van der Waals surface area contributed by atoms with Crippen LogP contribution in [0.25, 0.3) is 0 Å². The van der Waals surface area contributed by atoms with Crippen molar-refractivity contribution in [1.82, 2.24) is 0 Å². The van der Waals surface area contributed by atoms with E-state index in [1.165, 1.54) is 0 Å². The Balaban J connectivity index is 2.96. The number of hydrogen-bond donors (Lipinski definition) is 3. The SMILES string of the molecule is CCC(O)(CC)CNc1c(N)cc(C)c(F)c1Br. The monoisotopic (exact) mass is 318 g/mol. The van der Waals surface area contributed by atoms with E-state index in [0.29, 0.717) is 40.8 Å². The summed E-state index contributed by atoms with van der Waals surface area (Å²) in [4.78, 5) is 0. The molecule has 18 heavy (non-hydrogen) atoms. The molecule has 0 unspecified atom stereocenters. The second-order valence-electron chi connectivity index (χ2n) is 4.57. The Bertz CT molecular complexity index is 433. The third-order valence-corrected chi connectivity index (χ3v) is 4.07. The van der Waals surface area contributed by atoms with E-state index in [0.717, 1.165) is 0 Å². The molecule has 0 saturated carbocycles. The van der Waals surface area contributed by atoms with Crippen LogP contribution >= 0.6 is 15.9 Å². The minimum absolute atomic E-state index is 0.314. The van der Waals surface area contributed by atoms with E-state index in [9.17, 15) is 9.50 Å². The van der Waals surface area contributed by atoms with Crippen LogP contribution in [0.15, 0.2) is 10.5 Å². The van der Waals surface area contributed by atoms with Crippen molar-refractivity contribution in [3.05, 3.63) is 21.9 Å². The van der Waals surface area contributed by atoms with Gasteiger partial charge < -0.3 is 16.2 Å². The average Bonchev–Trinajstić information content (AvgIpc) is 2.35. The van der Waals surface area contributed by atoms with E-state index in [2.05, 4.69) is 21.2 Å². The quantitative estimate of drug-likeness (QED) is 0.729. The summed E-state index contributed by atoms with van der Waals surface area (Å²) in [7, 11) is 0. The number of benzene rings is 1. The summed E-state index contributed by atoms with van der Waals surface area (Å²) in [5.41, 5.74) is 6.52. The maximum atomic E-state index is 13.7. The Morgan fingerprint density at radius 1 is 1.44 bits per heavy atom. The third kappa shape index (κ3) is 3.14. The predicted octanol–water partition coefficient (Wildman–Crippen LogP) is 3.44. The fourth-order valence-corrected chi connectivity index (χ4v) is 2.39. The minimum atomic E-state index is -0.798. The van der Waals surface area contributed by atoms with Gasteiger partial charge >= 0.3 is 0 Å². The van der Waals surface area contributed by atoms with Gasteiger partial charge in [-0.15, -0.1) is 0 Å². The Labute approximate surface area is 116 Å². The summed E-state index contributed by atoms with van der Waals surface area (Å²) in [6, 6.07) is 1.58. The number of halogens is 2. The third-order valence-electron chi connectivity index (χ3n) is 3.33. The summed E-state index contributed by atoms with van der Waals surface area (Å²) in [5, 5.41) is 13.2. The van der Waals surface area contributed by atoms with Gasteiger partial charge in [-0.25, -0.2) is 4.39 Å². The highest BCUT2D eigenvalue weighted by atomic mass is 79.9. The lowest BCUT2D eigenvalue weighted by Gasteiger charge is -2.27. The second kappa shape index (κ2) is 5.89. The topological polar surface area (TPSA) is 58.3 Å². The van der Waals surface area contributed by atoms with Gasteiger partial charge in [0.15, 0.2) is 0 Å². The van der Waals surface area contributed by atoms with Crippen LogP contribution in [-0.4, -0.2) is 17.3 Å². The lowest BCUT2D eigenvalue weighted by molar-refractivity contribution is 0.0457. The van der Waals surface area contributed by atoms with Crippen molar-refractivity contribution in [2.24, 2.45) is 0 Å². The van der Waals surface area contributed by atoms with E-state index in [-0.39, 0.29) is 5.82 Å². The van der Waals surface area contributed by atoms with Gasteiger partial charge in [0.1, 0.15) is 5.82 Å². The highest BCUT2D eigenvalue weighted by molar-refractivity contribution is 9.10. The maximum Gasteiger partial charge on any atom is 0.142 e. The van der Waals surface area contributed by atoms with Crippen LogP contribution < -0.4 is 11.1 Å². The lowest BCUT2D eigenvalue weighted by atomic mass is 9.97. The van der Waals surface area contributed by atoms with Crippen LogP contribution in [0.5, 0.6) is 0 Å². The van der Waals surface area contributed by atoms with Crippen LogP contribution in [-0.2, 0) is 0 Å². The highest BCUT2D eigenvalue weighted by Gasteiger charge is 2.23. The molecule has 0 spiro atoms. The fraction of sp³-hybridized carbons (Fsp3) is 0.538. The second-order valence-corrected chi connectivity index (χ2v) is 5.36. The van der Waals surface area contributed by atoms with E-state index in [4.69, 9.17) is 5.73 Å². The number of nitrogens with one attached hydrogen (secondary N) is 1. The Hall–Kier alpha value is -0.810. The van der Waals surface area contributed by atoms with Crippen molar-refractivity contribution in [2.45, 2.75) is 39.2 Å². The molecular weight excluding hydrogens is 299 g/mol. The van der Waals surface area contributed by atoms with Gasteiger partial charge in [-0.05, 0) is 47.3 Å². The van der Waals surface area contributed by atoms with Gasteiger partial charge in [-0.3, -0.25) is 0 Å². The number of anilines is 2. The molecule has 0 heterocycles. The van der Waals surface area contributed by atoms with Gasteiger partial charge in [0.05, 0.1) is 21.4 Å².